The van der Waals surface area contributed by atoms with Gasteiger partial charge in [-0.3, -0.25) is 9.67 Å². The third-order valence-electron chi connectivity index (χ3n) is 8.08. The van der Waals surface area contributed by atoms with Gasteiger partial charge in [-0.05, 0) is 74.7 Å². The number of halogens is 3. The van der Waals surface area contributed by atoms with Crippen LogP contribution in [0.5, 0.6) is 0 Å². The average Bonchev–Trinajstić information content (AvgIpc) is 3.43. The Balaban J connectivity index is 1.41. The van der Waals surface area contributed by atoms with E-state index in [1.165, 1.54) is 6.07 Å². The monoisotopic (exact) mass is 552 g/mol. The third-order valence-corrected chi connectivity index (χ3v) is 9.75. The molecule has 2 aliphatic heterocycles. The Morgan fingerprint density at radius 1 is 0.923 bits per heavy atom. The highest BCUT2D eigenvalue weighted by Gasteiger charge is 2.39. The van der Waals surface area contributed by atoms with Crippen molar-refractivity contribution < 1.29 is 21.6 Å². The standard InChI is InChI=1S/C29H27F3N4O2S/c1-35-21-6-7-22(35)15-23(14-21)36-16-25(18-9-11-33-12-10-18)29(34-36)24-4-2-3-19(28(24)32)17-39(37,38)27-13-20(30)5-8-26(27)31/h2-5,8-13,16,21-23H,6-7,14-15,17H2,1H3. The first-order valence-corrected chi connectivity index (χ1v) is 14.5. The lowest BCUT2D eigenvalue weighted by Crippen LogP contribution is -2.40. The van der Waals surface area contributed by atoms with Gasteiger partial charge in [0.05, 0.1) is 11.8 Å². The second kappa shape index (κ2) is 9.91. The Kier molecular flexibility index (Phi) is 6.55. The van der Waals surface area contributed by atoms with E-state index in [1.807, 2.05) is 23.0 Å². The molecule has 6 rings (SSSR count). The molecule has 2 aromatic carbocycles. The molecule has 0 amide bonds. The number of aromatic nitrogens is 3. The van der Waals surface area contributed by atoms with Crippen molar-refractivity contribution >= 4 is 9.84 Å². The number of hydrogen-bond donors (Lipinski definition) is 0. The van der Waals surface area contributed by atoms with Gasteiger partial charge in [-0.2, -0.15) is 5.10 Å². The minimum Gasteiger partial charge on any atom is -0.300 e. The molecule has 4 aromatic rings. The molecule has 2 aromatic heterocycles. The lowest BCUT2D eigenvalue weighted by atomic mass is 9.98. The summed E-state index contributed by atoms with van der Waals surface area (Å²) < 4.78 is 71.8. The molecular formula is C29H27F3N4O2S. The normalized spacial score (nSPS) is 21.4. The van der Waals surface area contributed by atoms with Crippen molar-refractivity contribution in [1.82, 2.24) is 19.7 Å². The molecule has 10 heteroatoms. The van der Waals surface area contributed by atoms with Gasteiger partial charge in [-0.1, -0.05) is 12.1 Å². The number of fused-ring (bicyclic) bond motifs is 2. The van der Waals surface area contributed by atoms with E-state index in [0.717, 1.165) is 43.4 Å². The summed E-state index contributed by atoms with van der Waals surface area (Å²) in [6.45, 7) is 0. The van der Waals surface area contributed by atoms with E-state index < -0.39 is 37.9 Å². The van der Waals surface area contributed by atoms with Crippen LogP contribution >= 0.6 is 0 Å². The predicted octanol–water partition coefficient (Wildman–Crippen LogP) is 5.80. The molecule has 0 saturated carbocycles. The van der Waals surface area contributed by atoms with Crippen LogP contribution in [0.15, 0.2) is 72.0 Å². The summed E-state index contributed by atoms with van der Waals surface area (Å²) in [5.74, 6) is -3.56. The molecule has 39 heavy (non-hydrogen) atoms. The van der Waals surface area contributed by atoms with Gasteiger partial charge in [0.1, 0.15) is 28.0 Å². The zero-order chi connectivity index (χ0) is 27.3. The summed E-state index contributed by atoms with van der Waals surface area (Å²) in [4.78, 5) is 5.73. The SMILES string of the molecule is CN1C2CCC1CC(n1cc(-c3ccncc3)c(-c3cccc(CS(=O)(=O)c4cc(F)ccc4F)c3F)n1)C2. The van der Waals surface area contributed by atoms with Gasteiger partial charge in [0.25, 0.3) is 0 Å². The first-order chi connectivity index (χ1) is 18.7. The van der Waals surface area contributed by atoms with Gasteiger partial charge >= 0.3 is 0 Å². The molecule has 2 saturated heterocycles. The van der Waals surface area contributed by atoms with E-state index in [4.69, 9.17) is 5.10 Å². The molecule has 2 fully saturated rings. The van der Waals surface area contributed by atoms with Crippen molar-refractivity contribution in [2.75, 3.05) is 7.05 Å². The van der Waals surface area contributed by atoms with Gasteiger partial charge in [0.15, 0.2) is 9.84 Å². The fourth-order valence-electron chi connectivity index (χ4n) is 5.99. The van der Waals surface area contributed by atoms with E-state index in [2.05, 4.69) is 16.9 Å². The zero-order valence-electron chi connectivity index (χ0n) is 21.3. The van der Waals surface area contributed by atoms with Crippen LogP contribution in [0.4, 0.5) is 13.2 Å². The number of rotatable bonds is 6. The average molecular weight is 553 g/mol. The number of pyridine rings is 1. The molecule has 2 unspecified atom stereocenters. The lowest BCUT2D eigenvalue weighted by molar-refractivity contribution is 0.132. The summed E-state index contributed by atoms with van der Waals surface area (Å²) in [6.07, 6.45) is 9.44. The molecule has 2 atom stereocenters. The van der Waals surface area contributed by atoms with Gasteiger partial charge in [0, 0.05) is 47.4 Å². The van der Waals surface area contributed by atoms with Gasteiger partial charge in [0.2, 0.25) is 0 Å². The maximum Gasteiger partial charge on any atom is 0.185 e. The number of hydrogen-bond acceptors (Lipinski definition) is 5. The molecule has 0 aliphatic carbocycles. The maximum atomic E-state index is 16.0. The number of piperidine rings is 1. The summed E-state index contributed by atoms with van der Waals surface area (Å²) >= 11 is 0. The van der Waals surface area contributed by atoms with E-state index in [9.17, 15) is 17.2 Å². The van der Waals surface area contributed by atoms with Gasteiger partial charge in [-0.15, -0.1) is 0 Å². The topological polar surface area (TPSA) is 68.1 Å². The molecule has 4 heterocycles. The highest BCUT2D eigenvalue weighted by molar-refractivity contribution is 7.90. The molecule has 0 spiro atoms. The minimum atomic E-state index is -4.37. The molecule has 202 valence electrons. The van der Waals surface area contributed by atoms with Crippen molar-refractivity contribution in [1.29, 1.82) is 0 Å². The maximum absolute atomic E-state index is 16.0. The molecular weight excluding hydrogens is 525 g/mol. The Bertz CT molecular complexity index is 1630. The van der Waals surface area contributed by atoms with Crippen molar-refractivity contribution in [2.45, 2.75) is 54.5 Å². The summed E-state index contributed by atoms with van der Waals surface area (Å²) in [5, 5.41) is 4.86. The molecule has 2 bridgehead atoms. The smallest absolute Gasteiger partial charge is 0.185 e. The lowest BCUT2D eigenvalue weighted by Gasteiger charge is -2.36. The Morgan fingerprint density at radius 3 is 2.36 bits per heavy atom. The second-order valence-electron chi connectivity index (χ2n) is 10.4. The Labute approximate surface area is 225 Å². The fraction of sp³-hybridized carbons (Fsp3) is 0.310. The van der Waals surface area contributed by atoms with Crippen molar-refractivity contribution in [3.05, 3.63) is 90.1 Å². The van der Waals surface area contributed by atoms with Crippen LogP contribution in [0.2, 0.25) is 0 Å². The van der Waals surface area contributed by atoms with Crippen LogP contribution < -0.4 is 0 Å². The highest BCUT2D eigenvalue weighted by atomic mass is 32.2. The number of sulfone groups is 1. The quantitative estimate of drug-likeness (QED) is 0.303. The van der Waals surface area contributed by atoms with Crippen LogP contribution in [0, 0.1) is 17.5 Å². The van der Waals surface area contributed by atoms with Crippen LogP contribution in [-0.2, 0) is 15.6 Å². The molecule has 6 nitrogen and oxygen atoms in total. The predicted molar refractivity (Wildman–Crippen MR) is 141 cm³/mol. The largest absolute Gasteiger partial charge is 0.300 e. The molecule has 2 aliphatic rings. The number of nitrogens with zero attached hydrogens (tertiary/aromatic N) is 4. The second-order valence-corrected chi connectivity index (χ2v) is 12.4. The molecule has 0 N–H and O–H groups in total. The van der Waals surface area contributed by atoms with Crippen LogP contribution in [-0.4, -0.2) is 47.2 Å². The highest BCUT2D eigenvalue weighted by Crippen LogP contribution is 2.42. The first kappa shape index (κ1) is 25.8. The first-order valence-electron chi connectivity index (χ1n) is 12.9. The van der Waals surface area contributed by atoms with Crippen molar-refractivity contribution in [3.8, 4) is 22.4 Å². The molecule has 0 radical (unpaired) electrons. The van der Waals surface area contributed by atoms with E-state index >= 15 is 4.39 Å². The van der Waals surface area contributed by atoms with Gasteiger partial charge < -0.3 is 4.90 Å². The Hall–Kier alpha value is -3.50. The summed E-state index contributed by atoms with van der Waals surface area (Å²) in [6, 6.07) is 11.4. The third kappa shape index (κ3) is 4.76. The summed E-state index contributed by atoms with van der Waals surface area (Å²) in [5.41, 5.74) is 1.90. The number of benzene rings is 2. The summed E-state index contributed by atoms with van der Waals surface area (Å²) in [7, 11) is -2.20. The van der Waals surface area contributed by atoms with Crippen molar-refractivity contribution in [3.63, 3.8) is 0 Å². The van der Waals surface area contributed by atoms with E-state index in [1.54, 1.807) is 24.5 Å². The Morgan fingerprint density at radius 2 is 1.64 bits per heavy atom. The van der Waals surface area contributed by atoms with Crippen LogP contribution in [0.3, 0.4) is 0 Å². The van der Waals surface area contributed by atoms with Gasteiger partial charge in [-0.25, -0.2) is 21.6 Å². The minimum absolute atomic E-state index is 0.142. The van der Waals surface area contributed by atoms with Crippen LogP contribution in [0.1, 0.15) is 37.3 Å². The van der Waals surface area contributed by atoms with Crippen LogP contribution in [0.25, 0.3) is 22.4 Å². The van der Waals surface area contributed by atoms with Crippen molar-refractivity contribution in [2.24, 2.45) is 0 Å². The van der Waals surface area contributed by atoms with E-state index in [0.29, 0.717) is 29.4 Å². The fourth-order valence-corrected chi connectivity index (χ4v) is 7.44. The van der Waals surface area contributed by atoms with E-state index in [-0.39, 0.29) is 17.2 Å². The zero-order valence-corrected chi connectivity index (χ0v) is 22.1.